The summed E-state index contributed by atoms with van der Waals surface area (Å²) in [6.07, 6.45) is 0. The molecule has 2 N–H and O–H groups in total. The van der Waals surface area contributed by atoms with Crippen molar-refractivity contribution in [1.82, 2.24) is 9.55 Å². The number of nitrogens with zero attached hydrogens (tertiary/aromatic N) is 2. The van der Waals surface area contributed by atoms with Gasteiger partial charge < -0.3 is 24.7 Å². The lowest BCUT2D eigenvalue weighted by Crippen LogP contribution is -2.27. The number of rotatable bonds is 9. The third-order valence-electron chi connectivity index (χ3n) is 6.72. The van der Waals surface area contributed by atoms with Gasteiger partial charge in [0.2, 0.25) is 5.75 Å². The van der Waals surface area contributed by atoms with Gasteiger partial charge in [-0.2, -0.15) is 0 Å². The predicted octanol–water partition coefficient (Wildman–Crippen LogP) is 5.74. The first-order valence-electron chi connectivity index (χ1n) is 12.9. The van der Waals surface area contributed by atoms with Crippen molar-refractivity contribution in [2.24, 2.45) is 0 Å². The smallest absolute Gasteiger partial charge is 0.355 e. The van der Waals surface area contributed by atoms with Crippen molar-refractivity contribution in [1.29, 1.82) is 0 Å². The topological polar surface area (TPSA) is 115 Å². The molecule has 0 bridgehead atoms. The fourth-order valence-corrected chi connectivity index (χ4v) is 5.57. The molecule has 0 radical (unpaired) electrons. The minimum Gasteiger partial charge on any atom is -0.493 e. The summed E-state index contributed by atoms with van der Waals surface area (Å²) in [6.45, 7) is 0. The van der Waals surface area contributed by atoms with Crippen LogP contribution in [-0.2, 0) is 10.5 Å². The van der Waals surface area contributed by atoms with Crippen LogP contribution in [0.4, 0.5) is 5.69 Å². The van der Waals surface area contributed by atoms with Crippen molar-refractivity contribution >= 4 is 34.3 Å². The van der Waals surface area contributed by atoms with Gasteiger partial charge in [0.15, 0.2) is 11.5 Å². The monoisotopic (exact) mass is 583 g/mol. The number of nitrogen functional groups attached to an aromatic ring is 1. The Morgan fingerprint density at radius 3 is 2.14 bits per heavy atom. The van der Waals surface area contributed by atoms with E-state index in [4.69, 9.17) is 29.7 Å². The first-order valence-corrected chi connectivity index (χ1v) is 13.9. The Morgan fingerprint density at radius 2 is 1.55 bits per heavy atom. The Hall–Kier alpha value is -4.96. The molecule has 0 unspecified atom stereocenters. The number of aromatic nitrogens is 2. The molecular weight excluding hydrogens is 554 g/mol. The Kier molecular flexibility index (Phi) is 8.35. The molecular formula is C32H29N3O6S. The largest absolute Gasteiger partial charge is 0.493 e. The van der Waals surface area contributed by atoms with Crippen LogP contribution in [0.2, 0.25) is 0 Å². The van der Waals surface area contributed by atoms with E-state index >= 15 is 0 Å². The van der Waals surface area contributed by atoms with Gasteiger partial charge in [-0.3, -0.25) is 9.36 Å². The molecule has 0 spiro atoms. The first-order chi connectivity index (χ1) is 20.4. The van der Waals surface area contributed by atoms with Gasteiger partial charge in [-0.25, -0.2) is 9.78 Å². The molecule has 9 nitrogen and oxygen atoms in total. The van der Waals surface area contributed by atoms with E-state index in [2.05, 4.69) is 0 Å². The van der Waals surface area contributed by atoms with Crippen LogP contribution in [0.25, 0.3) is 27.7 Å². The van der Waals surface area contributed by atoms with Crippen molar-refractivity contribution in [2.45, 2.75) is 10.8 Å². The van der Waals surface area contributed by atoms with Crippen molar-refractivity contribution < 1.29 is 23.7 Å². The zero-order chi connectivity index (χ0) is 29.8. The fourth-order valence-electron chi connectivity index (χ4n) is 4.74. The summed E-state index contributed by atoms with van der Waals surface area (Å²) < 4.78 is 23.3. The number of nitrogens with two attached hydrogens (primary N) is 1. The van der Waals surface area contributed by atoms with Gasteiger partial charge >= 0.3 is 5.97 Å². The van der Waals surface area contributed by atoms with Crippen LogP contribution in [0.1, 0.15) is 16.1 Å². The highest BCUT2D eigenvalue weighted by Crippen LogP contribution is 2.43. The van der Waals surface area contributed by atoms with E-state index in [9.17, 15) is 9.59 Å². The number of pyridine rings is 2. The predicted molar refractivity (Wildman–Crippen MR) is 164 cm³/mol. The molecule has 5 aromatic rings. The third kappa shape index (κ3) is 5.36. The molecule has 42 heavy (non-hydrogen) atoms. The molecule has 214 valence electrons. The molecule has 2 heterocycles. The second-order valence-electron chi connectivity index (χ2n) is 9.18. The van der Waals surface area contributed by atoms with Crippen molar-refractivity contribution in [3.05, 3.63) is 100 Å². The summed E-state index contributed by atoms with van der Waals surface area (Å²) in [5, 5.41) is 1.12. The molecule has 2 aromatic heterocycles. The normalized spacial score (nSPS) is 10.9. The molecule has 0 aliphatic carbocycles. The number of benzene rings is 3. The molecule has 0 aliphatic rings. The zero-order valence-corrected chi connectivity index (χ0v) is 24.4. The van der Waals surface area contributed by atoms with Gasteiger partial charge in [0.05, 0.1) is 33.5 Å². The number of carbonyl (C=O) groups excluding carboxylic acids is 1. The van der Waals surface area contributed by atoms with Gasteiger partial charge in [-0.05, 0) is 59.7 Å². The number of methoxy groups -OCH3 is 4. The number of anilines is 1. The van der Waals surface area contributed by atoms with Crippen LogP contribution in [0.3, 0.4) is 0 Å². The molecule has 5 rings (SSSR count). The Bertz CT molecular complexity index is 1800. The number of esters is 1. The molecule has 0 aliphatic heterocycles. The van der Waals surface area contributed by atoms with Gasteiger partial charge in [-0.1, -0.05) is 30.3 Å². The zero-order valence-electron chi connectivity index (χ0n) is 23.5. The summed E-state index contributed by atoms with van der Waals surface area (Å²) >= 11 is 1.51. The summed E-state index contributed by atoms with van der Waals surface area (Å²) in [5.41, 5.74) is 8.67. The van der Waals surface area contributed by atoms with E-state index in [-0.39, 0.29) is 11.2 Å². The van der Waals surface area contributed by atoms with Crippen LogP contribution in [0.15, 0.2) is 88.7 Å². The van der Waals surface area contributed by atoms with Crippen LogP contribution < -0.4 is 25.5 Å². The van der Waals surface area contributed by atoms with Gasteiger partial charge in [0.1, 0.15) is 11.2 Å². The summed E-state index contributed by atoms with van der Waals surface area (Å²) in [7, 11) is 5.79. The number of carbonyl (C=O) groups is 1. The highest BCUT2D eigenvalue weighted by atomic mass is 32.2. The lowest BCUT2D eigenvalue weighted by atomic mass is 9.97. The molecule has 0 atom stereocenters. The standard InChI is InChI=1S/C32H29N3O6S/c1-38-24-16-20(17-25(39-2)30(24)40-3)27-23-14-15-26(42-18-19-8-6-5-7-9-19)34-28(23)31(36)35(29(27)32(37)41-4)22-12-10-21(33)11-13-22/h5-17H,18,33H2,1-4H3. The number of hydrogen-bond donors (Lipinski definition) is 1. The number of hydrogen-bond acceptors (Lipinski definition) is 9. The lowest BCUT2D eigenvalue weighted by Gasteiger charge is -2.20. The van der Waals surface area contributed by atoms with Crippen LogP contribution in [0, 0.1) is 0 Å². The maximum Gasteiger partial charge on any atom is 0.355 e. The molecule has 3 aromatic carbocycles. The average Bonchev–Trinajstić information content (AvgIpc) is 3.03. The van der Waals surface area contributed by atoms with E-state index in [0.29, 0.717) is 55.9 Å². The first kappa shape index (κ1) is 28.6. The van der Waals surface area contributed by atoms with Gasteiger partial charge in [0, 0.05) is 28.1 Å². The Balaban J connectivity index is 1.85. The summed E-state index contributed by atoms with van der Waals surface area (Å²) in [4.78, 5) is 32.5. The maximum atomic E-state index is 14.2. The number of thioether (sulfide) groups is 1. The molecule has 0 saturated carbocycles. The van der Waals surface area contributed by atoms with Crippen molar-refractivity contribution in [3.63, 3.8) is 0 Å². The number of fused-ring (bicyclic) bond motifs is 1. The van der Waals surface area contributed by atoms with E-state index in [0.717, 1.165) is 5.56 Å². The van der Waals surface area contributed by atoms with Crippen LogP contribution >= 0.6 is 11.8 Å². The quantitative estimate of drug-likeness (QED) is 0.132. The Labute approximate surface area is 246 Å². The minimum atomic E-state index is -0.711. The van der Waals surface area contributed by atoms with Gasteiger partial charge in [-0.15, -0.1) is 11.8 Å². The van der Waals surface area contributed by atoms with E-state index in [1.54, 1.807) is 42.5 Å². The third-order valence-corrected chi connectivity index (χ3v) is 7.72. The molecule has 10 heteroatoms. The molecule has 0 amide bonds. The van der Waals surface area contributed by atoms with Crippen LogP contribution in [-0.4, -0.2) is 44.0 Å². The second kappa shape index (κ2) is 12.3. The van der Waals surface area contributed by atoms with Crippen LogP contribution in [0.5, 0.6) is 17.2 Å². The van der Waals surface area contributed by atoms with E-state index in [1.165, 1.54) is 44.8 Å². The summed E-state index contributed by atoms with van der Waals surface area (Å²) in [5.74, 6) is 1.10. The maximum absolute atomic E-state index is 14.2. The van der Waals surface area contributed by atoms with Crippen molar-refractivity contribution in [2.75, 3.05) is 34.2 Å². The average molecular weight is 584 g/mol. The highest BCUT2D eigenvalue weighted by Gasteiger charge is 2.27. The van der Waals surface area contributed by atoms with Gasteiger partial charge in [0.25, 0.3) is 5.56 Å². The van der Waals surface area contributed by atoms with Crippen molar-refractivity contribution in [3.8, 4) is 34.1 Å². The highest BCUT2D eigenvalue weighted by molar-refractivity contribution is 7.98. The second-order valence-corrected chi connectivity index (χ2v) is 10.2. The summed E-state index contributed by atoms with van der Waals surface area (Å²) in [6, 6.07) is 23.7. The SMILES string of the molecule is COC(=O)c1c(-c2cc(OC)c(OC)c(OC)c2)c2ccc(SCc3ccccc3)nc2c(=O)n1-c1ccc(N)cc1. The molecule has 0 saturated heterocycles. The Morgan fingerprint density at radius 1 is 0.881 bits per heavy atom. The molecule has 0 fully saturated rings. The lowest BCUT2D eigenvalue weighted by molar-refractivity contribution is 0.0591. The van der Waals surface area contributed by atoms with E-state index < -0.39 is 11.5 Å². The fraction of sp³-hybridized carbons (Fsp3) is 0.156. The van der Waals surface area contributed by atoms with E-state index in [1.807, 2.05) is 36.4 Å². The minimum absolute atomic E-state index is 0.0144. The number of ether oxygens (including phenoxy) is 4.